The Labute approximate surface area is 131 Å². The molecule has 0 saturated heterocycles. The van der Waals surface area contributed by atoms with Crippen molar-refractivity contribution in [3.8, 4) is 0 Å². The van der Waals surface area contributed by atoms with Crippen molar-refractivity contribution in [3.05, 3.63) is 63.9 Å². The minimum Gasteiger partial charge on any atom is -0.323 e. The van der Waals surface area contributed by atoms with E-state index in [4.69, 9.17) is 0 Å². The summed E-state index contributed by atoms with van der Waals surface area (Å²) in [6.07, 6.45) is 1.60. The van der Waals surface area contributed by atoms with Crippen LogP contribution in [0.4, 0.5) is 10.1 Å². The number of nitrogens with one attached hydrogen (secondary N) is 1. The molecule has 1 aliphatic rings. The van der Waals surface area contributed by atoms with Crippen molar-refractivity contribution in [1.82, 2.24) is 0 Å². The molecular weight excluding hydrogens is 333 g/mol. The van der Waals surface area contributed by atoms with E-state index in [1.165, 1.54) is 6.07 Å². The second-order valence-electron chi connectivity index (χ2n) is 5.53. The van der Waals surface area contributed by atoms with Crippen LogP contribution in [0.15, 0.2) is 46.9 Å². The highest BCUT2D eigenvalue weighted by Crippen LogP contribution is 2.49. The minimum absolute atomic E-state index is 0.130. The Morgan fingerprint density at radius 2 is 1.86 bits per heavy atom. The molecule has 3 rings (SSSR count). The number of amides is 1. The van der Waals surface area contributed by atoms with Crippen LogP contribution in [0.2, 0.25) is 0 Å². The zero-order valence-corrected chi connectivity index (χ0v) is 13.2. The topological polar surface area (TPSA) is 29.1 Å². The van der Waals surface area contributed by atoms with Gasteiger partial charge < -0.3 is 5.32 Å². The highest BCUT2D eigenvalue weighted by molar-refractivity contribution is 9.10. The molecule has 4 heteroatoms. The molecule has 1 fully saturated rings. The fourth-order valence-corrected chi connectivity index (χ4v) is 2.78. The van der Waals surface area contributed by atoms with Gasteiger partial charge in [-0.05, 0) is 55.2 Å². The maximum Gasteiger partial charge on any atom is 0.235 e. The predicted octanol–water partition coefficient (Wildman–Crippen LogP) is 4.57. The molecule has 0 bridgehead atoms. The SMILES string of the molecule is Cc1ccc(F)c(NC(=O)C2(c3ccc(Br)cc3)CC2)c1. The standard InChI is InChI=1S/C17H15BrFNO/c1-11-2-7-14(19)15(10-11)20-16(21)17(8-9-17)12-3-5-13(18)6-4-12/h2-7,10H,8-9H2,1H3,(H,20,21). The molecule has 2 aromatic rings. The lowest BCUT2D eigenvalue weighted by atomic mass is 9.95. The van der Waals surface area contributed by atoms with Crippen LogP contribution in [-0.2, 0) is 10.2 Å². The molecule has 1 amide bonds. The average molecular weight is 348 g/mol. The number of carbonyl (C=O) groups excluding carboxylic acids is 1. The van der Waals surface area contributed by atoms with Crippen molar-refractivity contribution in [1.29, 1.82) is 0 Å². The van der Waals surface area contributed by atoms with Gasteiger partial charge in [0.1, 0.15) is 5.82 Å². The monoisotopic (exact) mass is 347 g/mol. The van der Waals surface area contributed by atoms with Crippen LogP contribution in [0.25, 0.3) is 0 Å². The lowest BCUT2D eigenvalue weighted by molar-refractivity contribution is -0.118. The molecule has 0 radical (unpaired) electrons. The Bertz CT molecular complexity index is 692. The summed E-state index contributed by atoms with van der Waals surface area (Å²) in [4.78, 5) is 12.6. The highest BCUT2D eigenvalue weighted by Gasteiger charge is 2.51. The van der Waals surface area contributed by atoms with Gasteiger partial charge in [-0.2, -0.15) is 0 Å². The van der Waals surface area contributed by atoms with E-state index < -0.39 is 11.2 Å². The Morgan fingerprint density at radius 1 is 1.19 bits per heavy atom. The van der Waals surface area contributed by atoms with Crippen molar-refractivity contribution in [2.24, 2.45) is 0 Å². The normalized spacial score (nSPS) is 15.6. The second-order valence-corrected chi connectivity index (χ2v) is 6.44. The fraction of sp³-hybridized carbons (Fsp3) is 0.235. The number of anilines is 1. The molecule has 0 atom stereocenters. The third kappa shape index (κ3) is 2.72. The summed E-state index contributed by atoms with van der Waals surface area (Å²) in [7, 11) is 0. The molecule has 21 heavy (non-hydrogen) atoms. The maximum atomic E-state index is 13.8. The van der Waals surface area contributed by atoms with Crippen LogP contribution in [0, 0.1) is 12.7 Å². The van der Waals surface area contributed by atoms with Crippen LogP contribution in [0.3, 0.4) is 0 Å². The summed E-state index contributed by atoms with van der Waals surface area (Å²) in [5, 5.41) is 2.74. The molecule has 0 aromatic heterocycles. The number of benzene rings is 2. The molecule has 108 valence electrons. The van der Waals surface area contributed by atoms with Crippen LogP contribution < -0.4 is 5.32 Å². The minimum atomic E-state index is -0.503. The third-order valence-corrected chi connectivity index (χ3v) is 4.48. The van der Waals surface area contributed by atoms with Gasteiger partial charge in [0, 0.05) is 4.47 Å². The number of aryl methyl sites for hydroxylation is 1. The fourth-order valence-electron chi connectivity index (χ4n) is 2.52. The molecule has 0 spiro atoms. The molecular formula is C17H15BrFNO. The van der Waals surface area contributed by atoms with Gasteiger partial charge in [-0.15, -0.1) is 0 Å². The van der Waals surface area contributed by atoms with Gasteiger partial charge in [-0.1, -0.05) is 34.1 Å². The van der Waals surface area contributed by atoms with Gasteiger partial charge >= 0.3 is 0 Å². The first kappa shape index (κ1) is 14.3. The molecule has 0 unspecified atom stereocenters. The number of halogens is 2. The summed E-state index contributed by atoms with van der Waals surface area (Å²) in [6.45, 7) is 1.87. The zero-order valence-electron chi connectivity index (χ0n) is 11.6. The molecule has 0 aliphatic heterocycles. The first-order valence-corrected chi connectivity index (χ1v) is 7.64. The maximum absolute atomic E-state index is 13.8. The molecule has 2 nitrogen and oxygen atoms in total. The smallest absolute Gasteiger partial charge is 0.235 e. The van der Waals surface area contributed by atoms with E-state index >= 15 is 0 Å². The van der Waals surface area contributed by atoms with Crippen molar-refractivity contribution in [3.63, 3.8) is 0 Å². The number of hydrogen-bond donors (Lipinski definition) is 1. The Balaban J connectivity index is 1.85. The number of hydrogen-bond acceptors (Lipinski definition) is 1. The first-order chi connectivity index (χ1) is 10.0. The largest absolute Gasteiger partial charge is 0.323 e. The van der Waals surface area contributed by atoms with Gasteiger partial charge in [0.25, 0.3) is 0 Å². The molecule has 2 aromatic carbocycles. The lowest BCUT2D eigenvalue weighted by Gasteiger charge is -2.16. The summed E-state index contributed by atoms with van der Waals surface area (Å²) in [6, 6.07) is 12.5. The van der Waals surface area contributed by atoms with Gasteiger partial charge in [-0.3, -0.25) is 4.79 Å². The molecule has 0 heterocycles. The first-order valence-electron chi connectivity index (χ1n) is 6.85. The number of carbonyl (C=O) groups is 1. The van der Waals surface area contributed by atoms with Crippen molar-refractivity contribution >= 4 is 27.5 Å². The molecule has 1 aliphatic carbocycles. The summed E-state index contributed by atoms with van der Waals surface area (Å²) >= 11 is 3.39. The lowest BCUT2D eigenvalue weighted by Crippen LogP contribution is -2.28. The van der Waals surface area contributed by atoms with E-state index in [0.29, 0.717) is 0 Å². The van der Waals surface area contributed by atoms with Gasteiger partial charge in [0.05, 0.1) is 11.1 Å². The molecule has 1 N–H and O–H groups in total. The quantitative estimate of drug-likeness (QED) is 0.865. The van der Waals surface area contributed by atoms with Gasteiger partial charge in [-0.25, -0.2) is 4.39 Å². The van der Waals surface area contributed by atoms with Crippen LogP contribution >= 0.6 is 15.9 Å². The van der Waals surface area contributed by atoms with E-state index in [2.05, 4.69) is 21.2 Å². The Morgan fingerprint density at radius 3 is 2.48 bits per heavy atom. The number of rotatable bonds is 3. The Kier molecular flexibility index (Phi) is 3.57. The summed E-state index contributed by atoms with van der Waals surface area (Å²) in [5.41, 5.74) is 1.65. The van der Waals surface area contributed by atoms with Gasteiger partial charge in [0.2, 0.25) is 5.91 Å². The van der Waals surface area contributed by atoms with E-state index in [-0.39, 0.29) is 11.6 Å². The van der Waals surface area contributed by atoms with Crippen LogP contribution in [0.5, 0.6) is 0 Å². The molecule has 1 saturated carbocycles. The zero-order chi connectivity index (χ0) is 15.0. The summed E-state index contributed by atoms with van der Waals surface area (Å²) in [5.74, 6) is -0.533. The third-order valence-electron chi connectivity index (χ3n) is 3.95. The summed E-state index contributed by atoms with van der Waals surface area (Å²) < 4.78 is 14.8. The van der Waals surface area contributed by atoms with Crippen LogP contribution in [-0.4, -0.2) is 5.91 Å². The van der Waals surface area contributed by atoms with Crippen molar-refractivity contribution in [2.75, 3.05) is 5.32 Å². The van der Waals surface area contributed by atoms with Crippen molar-refractivity contribution in [2.45, 2.75) is 25.2 Å². The van der Waals surface area contributed by atoms with E-state index in [1.807, 2.05) is 31.2 Å². The van der Waals surface area contributed by atoms with Crippen LogP contribution in [0.1, 0.15) is 24.0 Å². The highest BCUT2D eigenvalue weighted by atomic mass is 79.9. The van der Waals surface area contributed by atoms with E-state index in [0.717, 1.165) is 28.4 Å². The van der Waals surface area contributed by atoms with Gasteiger partial charge in [0.15, 0.2) is 0 Å². The average Bonchev–Trinajstić information content (AvgIpc) is 3.25. The van der Waals surface area contributed by atoms with E-state index in [1.54, 1.807) is 12.1 Å². The second kappa shape index (κ2) is 5.26. The van der Waals surface area contributed by atoms with Crippen molar-refractivity contribution < 1.29 is 9.18 Å². The Hall–Kier alpha value is -1.68. The predicted molar refractivity (Wildman–Crippen MR) is 84.8 cm³/mol. The van der Waals surface area contributed by atoms with E-state index in [9.17, 15) is 9.18 Å².